The number of carbonyl (C=O) groups is 2. The van der Waals surface area contributed by atoms with Crippen LogP contribution in [0.4, 0.5) is 8.78 Å². The number of benzene rings is 2. The molecule has 1 amide bonds. The van der Waals surface area contributed by atoms with Crippen LogP contribution in [0.25, 0.3) is 0 Å². The number of sulfonamides is 1. The van der Waals surface area contributed by atoms with E-state index in [4.69, 9.17) is 4.74 Å². The summed E-state index contributed by atoms with van der Waals surface area (Å²) in [4.78, 5) is 24.7. The first-order chi connectivity index (χ1) is 12.8. The molecule has 1 aliphatic heterocycles. The third-order valence-electron chi connectivity index (χ3n) is 3.90. The number of nitrogens with zero attached hydrogens (tertiary/aromatic N) is 1. The molecule has 7 nitrogen and oxygen atoms in total. The van der Waals surface area contributed by atoms with Gasteiger partial charge in [-0.25, -0.2) is 12.7 Å². The van der Waals surface area contributed by atoms with E-state index in [0.717, 1.165) is 12.1 Å². The van der Waals surface area contributed by atoms with Crippen molar-refractivity contribution < 1.29 is 36.3 Å². The smallest absolute Gasteiger partial charge is 0.387 e. The van der Waals surface area contributed by atoms with Gasteiger partial charge in [0.25, 0.3) is 15.9 Å². The van der Waals surface area contributed by atoms with Crippen molar-refractivity contribution in [3.8, 4) is 11.5 Å². The molecule has 2 aromatic rings. The van der Waals surface area contributed by atoms with Gasteiger partial charge in [0.1, 0.15) is 11.4 Å². The number of alkyl halides is 2. The molecule has 0 saturated heterocycles. The maximum atomic E-state index is 12.5. The van der Waals surface area contributed by atoms with Crippen LogP contribution in [0.15, 0.2) is 47.4 Å². The molecule has 10 heteroatoms. The SMILES string of the molecule is COc1cc(C(=O)CN2C(=O)c3ccccc3S2(=O)=O)ccc1OC(F)F. The van der Waals surface area contributed by atoms with E-state index < -0.39 is 34.9 Å². The molecule has 0 spiro atoms. The fourth-order valence-electron chi connectivity index (χ4n) is 2.64. The van der Waals surface area contributed by atoms with Gasteiger partial charge in [-0.3, -0.25) is 9.59 Å². The van der Waals surface area contributed by atoms with Gasteiger partial charge >= 0.3 is 6.61 Å². The van der Waals surface area contributed by atoms with Crippen molar-refractivity contribution in [3.63, 3.8) is 0 Å². The van der Waals surface area contributed by atoms with Crippen molar-refractivity contribution in [2.45, 2.75) is 11.5 Å². The van der Waals surface area contributed by atoms with Crippen molar-refractivity contribution in [1.29, 1.82) is 0 Å². The molecule has 0 atom stereocenters. The molecular formula is C17H13F2NO6S. The molecule has 2 aromatic carbocycles. The zero-order valence-corrected chi connectivity index (χ0v) is 14.7. The van der Waals surface area contributed by atoms with Crippen LogP contribution in [-0.4, -0.2) is 44.7 Å². The van der Waals surface area contributed by atoms with Crippen LogP contribution in [0.5, 0.6) is 11.5 Å². The minimum atomic E-state index is -4.13. The van der Waals surface area contributed by atoms with E-state index in [0.29, 0.717) is 4.31 Å². The summed E-state index contributed by atoms with van der Waals surface area (Å²) in [5, 5.41) is 0. The van der Waals surface area contributed by atoms with E-state index in [1.165, 1.54) is 37.4 Å². The van der Waals surface area contributed by atoms with Crippen LogP contribution < -0.4 is 9.47 Å². The summed E-state index contributed by atoms with van der Waals surface area (Å²) in [5.41, 5.74) is -0.0315. The van der Waals surface area contributed by atoms with Crippen LogP contribution in [0.1, 0.15) is 20.7 Å². The molecule has 0 radical (unpaired) electrons. The summed E-state index contributed by atoms with van der Waals surface area (Å²) >= 11 is 0. The fourth-order valence-corrected chi connectivity index (χ4v) is 4.17. The lowest BCUT2D eigenvalue weighted by Crippen LogP contribution is -2.35. The number of rotatable bonds is 6. The second kappa shape index (κ2) is 6.95. The highest BCUT2D eigenvalue weighted by molar-refractivity contribution is 7.90. The van der Waals surface area contributed by atoms with Gasteiger partial charge in [0.2, 0.25) is 0 Å². The predicted octanol–water partition coefficient (Wildman–Crippen LogP) is 2.32. The molecular weight excluding hydrogens is 384 g/mol. The zero-order chi connectivity index (χ0) is 19.8. The lowest BCUT2D eigenvalue weighted by atomic mass is 10.1. The number of ketones is 1. The number of halogens is 2. The van der Waals surface area contributed by atoms with Gasteiger partial charge in [-0.05, 0) is 30.3 Å². The van der Waals surface area contributed by atoms with Crippen LogP contribution >= 0.6 is 0 Å². The standard InChI is InChI=1S/C17H13F2NO6S/c1-25-14-8-10(6-7-13(14)26-17(18)19)12(21)9-20-16(22)11-4-2-3-5-15(11)27(20,23)24/h2-8,17H,9H2,1H3. The molecule has 0 aromatic heterocycles. The van der Waals surface area contributed by atoms with Gasteiger partial charge in [0, 0.05) is 5.56 Å². The Balaban J connectivity index is 1.87. The van der Waals surface area contributed by atoms with Crippen molar-refractivity contribution in [2.24, 2.45) is 0 Å². The Morgan fingerprint density at radius 2 is 1.85 bits per heavy atom. The van der Waals surface area contributed by atoms with Crippen LogP contribution in [-0.2, 0) is 10.0 Å². The summed E-state index contributed by atoms with van der Waals surface area (Å²) in [6.45, 7) is -3.81. The number of methoxy groups -OCH3 is 1. The lowest BCUT2D eigenvalue weighted by Gasteiger charge is -2.15. The average molecular weight is 397 g/mol. The molecule has 27 heavy (non-hydrogen) atoms. The second-order valence-corrected chi connectivity index (χ2v) is 7.31. The number of ether oxygens (including phenoxy) is 2. The largest absolute Gasteiger partial charge is 0.493 e. The highest BCUT2D eigenvalue weighted by Crippen LogP contribution is 2.32. The molecule has 0 saturated carbocycles. The van der Waals surface area contributed by atoms with Crippen LogP contribution in [0.3, 0.4) is 0 Å². The molecule has 1 heterocycles. The molecule has 0 unspecified atom stereocenters. The first-order valence-electron chi connectivity index (χ1n) is 7.58. The van der Waals surface area contributed by atoms with E-state index in [-0.39, 0.29) is 27.5 Å². The Hall–Kier alpha value is -3.01. The van der Waals surface area contributed by atoms with Crippen molar-refractivity contribution in [3.05, 3.63) is 53.6 Å². The normalized spacial score (nSPS) is 15.0. The third-order valence-corrected chi connectivity index (χ3v) is 5.69. The van der Waals surface area contributed by atoms with E-state index in [9.17, 15) is 26.8 Å². The van der Waals surface area contributed by atoms with Gasteiger partial charge in [0.05, 0.1) is 12.7 Å². The van der Waals surface area contributed by atoms with E-state index in [1.807, 2.05) is 0 Å². The van der Waals surface area contributed by atoms with Gasteiger partial charge in [0.15, 0.2) is 17.3 Å². The first-order valence-corrected chi connectivity index (χ1v) is 9.02. The minimum Gasteiger partial charge on any atom is -0.493 e. The summed E-state index contributed by atoms with van der Waals surface area (Å²) < 4.78 is 59.4. The van der Waals surface area contributed by atoms with Crippen LogP contribution in [0, 0.1) is 0 Å². The number of hydrogen-bond acceptors (Lipinski definition) is 6. The number of Topliss-reactive ketones (excluding diaryl/α,β-unsaturated/α-hetero) is 1. The van der Waals surface area contributed by atoms with Gasteiger partial charge in [-0.2, -0.15) is 8.78 Å². The highest BCUT2D eigenvalue weighted by atomic mass is 32.2. The van der Waals surface area contributed by atoms with E-state index in [1.54, 1.807) is 0 Å². The molecule has 1 aliphatic rings. The summed E-state index contributed by atoms with van der Waals surface area (Å²) in [7, 11) is -2.93. The first kappa shape index (κ1) is 18.8. The van der Waals surface area contributed by atoms with Gasteiger partial charge < -0.3 is 9.47 Å². The number of carbonyl (C=O) groups excluding carboxylic acids is 2. The maximum Gasteiger partial charge on any atom is 0.387 e. The Bertz CT molecular complexity index is 1020. The summed E-state index contributed by atoms with van der Waals surface area (Å²) in [6.07, 6.45) is 0. The fraction of sp³-hybridized carbons (Fsp3) is 0.176. The van der Waals surface area contributed by atoms with Crippen LogP contribution in [0.2, 0.25) is 0 Å². The number of amides is 1. The number of hydrogen-bond donors (Lipinski definition) is 0. The lowest BCUT2D eigenvalue weighted by molar-refractivity contribution is -0.0512. The summed E-state index contributed by atoms with van der Waals surface area (Å²) in [5.74, 6) is -1.91. The Morgan fingerprint density at radius 1 is 1.15 bits per heavy atom. The molecule has 3 rings (SSSR count). The van der Waals surface area contributed by atoms with Crippen molar-refractivity contribution in [2.75, 3.05) is 13.7 Å². The Kier molecular flexibility index (Phi) is 4.83. The Morgan fingerprint density at radius 3 is 2.48 bits per heavy atom. The monoisotopic (exact) mass is 397 g/mol. The summed E-state index contributed by atoms with van der Waals surface area (Å²) in [6, 6.07) is 9.06. The Labute approximate surface area is 153 Å². The van der Waals surface area contributed by atoms with Gasteiger partial charge in [-0.1, -0.05) is 12.1 Å². The van der Waals surface area contributed by atoms with E-state index >= 15 is 0 Å². The zero-order valence-electron chi connectivity index (χ0n) is 13.9. The van der Waals surface area contributed by atoms with Crippen molar-refractivity contribution in [1.82, 2.24) is 4.31 Å². The quantitative estimate of drug-likeness (QED) is 0.695. The maximum absolute atomic E-state index is 12.5. The molecule has 0 aliphatic carbocycles. The topological polar surface area (TPSA) is 90.0 Å². The molecule has 0 N–H and O–H groups in total. The average Bonchev–Trinajstić information content (AvgIpc) is 2.82. The highest BCUT2D eigenvalue weighted by Gasteiger charge is 2.41. The molecule has 0 bridgehead atoms. The van der Waals surface area contributed by atoms with Gasteiger partial charge in [-0.15, -0.1) is 0 Å². The molecule has 142 valence electrons. The number of fused-ring (bicyclic) bond motifs is 1. The van der Waals surface area contributed by atoms with Crippen molar-refractivity contribution >= 4 is 21.7 Å². The van der Waals surface area contributed by atoms with E-state index in [2.05, 4.69) is 4.74 Å². The molecule has 0 fully saturated rings. The predicted molar refractivity (Wildman–Crippen MR) is 88.6 cm³/mol. The minimum absolute atomic E-state index is 0.0106. The second-order valence-electron chi connectivity index (χ2n) is 5.48. The third kappa shape index (κ3) is 3.35.